The van der Waals surface area contributed by atoms with Gasteiger partial charge in [-0.2, -0.15) is 0 Å². The maximum absolute atomic E-state index is 13.8. The summed E-state index contributed by atoms with van der Waals surface area (Å²) in [5, 5.41) is 3.16. The van der Waals surface area contributed by atoms with Gasteiger partial charge < -0.3 is 10.2 Å². The second kappa shape index (κ2) is 13.1. The minimum absolute atomic E-state index is 0.121. The van der Waals surface area contributed by atoms with Crippen molar-refractivity contribution < 1.29 is 18.0 Å². The first-order valence-electron chi connectivity index (χ1n) is 13.3. The standard InChI is InChI=1S/C29H41N3O4S/c1-5-27(29(34)30-25-14-10-7-11-15-25)31(20-23-12-8-6-9-13-23)28(33)21-32(37(4,35)36)26-18-16-24(17-19-26)22(2)3/h6,8-9,12-13,16-19,22,25,27H,5,7,10-11,14-15,20-21H2,1-4H3,(H,30,34). The third-order valence-electron chi connectivity index (χ3n) is 7.06. The molecule has 202 valence electrons. The molecule has 37 heavy (non-hydrogen) atoms. The number of anilines is 1. The molecule has 1 N–H and O–H groups in total. The molecule has 1 atom stereocenters. The highest BCUT2D eigenvalue weighted by molar-refractivity contribution is 7.92. The van der Waals surface area contributed by atoms with Gasteiger partial charge in [0.05, 0.1) is 11.9 Å². The zero-order chi connectivity index (χ0) is 27.0. The van der Waals surface area contributed by atoms with Gasteiger partial charge in [0.2, 0.25) is 21.8 Å². The van der Waals surface area contributed by atoms with Gasteiger partial charge in [0.1, 0.15) is 12.6 Å². The van der Waals surface area contributed by atoms with Gasteiger partial charge in [0.25, 0.3) is 0 Å². The summed E-state index contributed by atoms with van der Waals surface area (Å²) >= 11 is 0. The second-order valence-corrected chi connectivity index (χ2v) is 12.2. The Kier molecular flexibility index (Phi) is 10.1. The summed E-state index contributed by atoms with van der Waals surface area (Å²) in [6.07, 6.45) is 6.79. The van der Waals surface area contributed by atoms with Crippen LogP contribution in [0, 0.1) is 0 Å². The molecule has 0 heterocycles. The number of rotatable bonds is 11. The van der Waals surface area contributed by atoms with Crippen molar-refractivity contribution in [1.29, 1.82) is 0 Å². The van der Waals surface area contributed by atoms with E-state index < -0.39 is 22.0 Å². The van der Waals surface area contributed by atoms with Gasteiger partial charge in [0, 0.05) is 12.6 Å². The molecule has 8 heteroatoms. The molecule has 0 spiro atoms. The molecule has 2 aromatic rings. The molecule has 0 saturated heterocycles. The highest BCUT2D eigenvalue weighted by atomic mass is 32.2. The number of hydrogen-bond acceptors (Lipinski definition) is 4. The van der Waals surface area contributed by atoms with Gasteiger partial charge in [-0.3, -0.25) is 13.9 Å². The first kappa shape index (κ1) is 28.7. The van der Waals surface area contributed by atoms with Crippen LogP contribution in [0.15, 0.2) is 54.6 Å². The maximum atomic E-state index is 13.8. The second-order valence-electron chi connectivity index (χ2n) is 10.3. The lowest BCUT2D eigenvalue weighted by molar-refractivity contribution is -0.140. The van der Waals surface area contributed by atoms with E-state index in [1.807, 2.05) is 49.4 Å². The smallest absolute Gasteiger partial charge is 0.244 e. The van der Waals surface area contributed by atoms with Crippen molar-refractivity contribution in [2.24, 2.45) is 0 Å². The van der Waals surface area contributed by atoms with E-state index in [1.165, 1.54) is 11.3 Å². The van der Waals surface area contributed by atoms with Crippen molar-refractivity contribution >= 4 is 27.5 Å². The predicted octanol–water partition coefficient (Wildman–Crippen LogP) is 4.83. The van der Waals surface area contributed by atoms with Crippen LogP contribution in [0.3, 0.4) is 0 Å². The van der Waals surface area contributed by atoms with Crippen LogP contribution >= 0.6 is 0 Å². The Morgan fingerprint density at radius 3 is 2.14 bits per heavy atom. The number of carbonyl (C=O) groups excluding carboxylic acids is 2. The first-order valence-corrected chi connectivity index (χ1v) is 15.2. The van der Waals surface area contributed by atoms with E-state index in [9.17, 15) is 18.0 Å². The average molecular weight is 528 g/mol. The third-order valence-corrected chi connectivity index (χ3v) is 8.20. The predicted molar refractivity (Wildman–Crippen MR) is 149 cm³/mol. The van der Waals surface area contributed by atoms with E-state index >= 15 is 0 Å². The molecule has 0 aromatic heterocycles. The van der Waals surface area contributed by atoms with E-state index in [4.69, 9.17) is 0 Å². The summed E-state index contributed by atoms with van der Waals surface area (Å²) < 4.78 is 26.7. The number of benzene rings is 2. The number of amides is 2. The van der Waals surface area contributed by atoms with Crippen LogP contribution in [0.4, 0.5) is 5.69 Å². The van der Waals surface area contributed by atoms with Crippen molar-refractivity contribution in [3.05, 3.63) is 65.7 Å². The normalized spacial score (nSPS) is 15.3. The Morgan fingerprint density at radius 1 is 0.973 bits per heavy atom. The lowest BCUT2D eigenvalue weighted by Gasteiger charge is -2.34. The van der Waals surface area contributed by atoms with Crippen LogP contribution in [0.2, 0.25) is 0 Å². The fourth-order valence-corrected chi connectivity index (χ4v) is 5.73. The molecule has 1 saturated carbocycles. The summed E-state index contributed by atoms with van der Waals surface area (Å²) in [4.78, 5) is 28.7. The molecule has 3 rings (SSSR count). The van der Waals surface area contributed by atoms with E-state index in [0.29, 0.717) is 18.0 Å². The first-order chi connectivity index (χ1) is 17.6. The minimum Gasteiger partial charge on any atom is -0.352 e. The SMILES string of the molecule is CCC(C(=O)NC1CCCCC1)N(Cc1ccccc1)C(=O)CN(c1ccc(C(C)C)cc1)S(C)(=O)=O. The van der Waals surface area contributed by atoms with Crippen LogP contribution < -0.4 is 9.62 Å². The Labute approximate surface area is 222 Å². The number of nitrogens with zero attached hydrogens (tertiary/aromatic N) is 2. The number of sulfonamides is 1. The Hall–Kier alpha value is -2.87. The quantitative estimate of drug-likeness (QED) is 0.453. The summed E-state index contributed by atoms with van der Waals surface area (Å²) in [5.74, 6) is -0.282. The molecule has 0 radical (unpaired) electrons. The molecule has 7 nitrogen and oxygen atoms in total. The average Bonchev–Trinajstić information content (AvgIpc) is 2.87. The molecular formula is C29H41N3O4S. The fourth-order valence-electron chi connectivity index (χ4n) is 4.88. The van der Waals surface area contributed by atoms with Crippen molar-refractivity contribution in [3.63, 3.8) is 0 Å². The molecule has 1 aliphatic carbocycles. The van der Waals surface area contributed by atoms with Gasteiger partial charge in [0.15, 0.2) is 0 Å². The number of carbonyl (C=O) groups is 2. The third kappa shape index (κ3) is 8.06. The van der Waals surface area contributed by atoms with Crippen LogP contribution in [0.25, 0.3) is 0 Å². The Bertz CT molecular complexity index is 1130. The summed E-state index contributed by atoms with van der Waals surface area (Å²) in [5.41, 5.74) is 2.39. The molecule has 0 aliphatic heterocycles. The van der Waals surface area contributed by atoms with Crippen LogP contribution in [-0.4, -0.2) is 50.0 Å². The maximum Gasteiger partial charge on any atom is 0.244 e. The topological polar surface area (TPSA) is 86.8 Å². The van der Waals surface area contributed by atoms with Crippen molar-refractivity contribution in [1.82, 2.24) is 10.2 Å². The Morgan fingerprint density at radius 2 is 1.59 bits per heavy atom. The van der Waals surface area contributed by atoms with E-state index in [1.54, 1.807) is 12.1 Å². The van der Waals surface area contributed by atoms with Gasteiger partial charge in [-0.25, -0.2) is 8.42 Å². The summed E-state index contributed by atoms with van der Waals surface area (Å²) in [6.45, 7) is 5.87. The molecule has 2 aromatic carbocycles. The van der Waals surface area contributed by atoms with Gasteiger partial charge >= 0.3 is 0 Å². The minimum atomic E-state index is -3.74. The lowest BCUT2D eigenvalue weighted by Crippen LogP contribution is -2.53. The zero-order valence-electron chi connectivity index (χ0n) is 22.5. The monoisotopic (exact) mass is 527 g/mol. The number of hydrogen-bond donors (Lipinski definition) is 1. The molecular weight excluding hydrogens is 486 g/mol. The van der Waals surface area contributed by atoms with Crippen LogP contribution in [0.1, 0.15) is 76.3 Å². The van der Waals surface area contributed by atoms with Gasteiger partial charge in [-0.15, -0.1) is 0 Å². The van der Waals surface area contributed by atoms with E-state index in [0.717, 1.165) is 47.4 Å². The molecule has 0 bridgehead atoms. The zero-order valence-corrected chi connectivity index (χ0v) is 23.3. The molecule has 1 unspecified atom stereocenters. The largest absolute Gasteiger partial charge is 0.352 e. The van der Waals surface area contributed by atoms with Crippen molar-refractivity contribution in [2.75, 3.05) is 17.1 Å². The summed E-state index contributed by atoms with van der Waals surface area (Å²) in [6, 6.07) is 16.2. The molecule has 2 amide bonds. The van der Waals surface area contributed by atoms with Crippen LogP contribution in [-0.2, 0) is 26.2 Å². The highest BCUT2D eigenvalue weighted by Crippen LogP contribution is 2.23. The van der Waals surface area contributed by atoms with Crippen molar-refractivity contribution in [3.8, 4) is 0 Å². The van der Waals surface area contributed by atoms with E-state index in [2.05, 4.69) is 19.2 Å². The summed E-state index contributed by atoms with van der Waals surface area (Å²) in [7, 11) is -3.74. The van der Waals surface area contributed by atoms with Crippen LogP contribution in [0.5, 0.6) is 0 Å². The van der Waals surface area contributed by atoms with Crippen molar-refractivity contribution in [2.45, 2.75) is 83.8 Å². The molecule has 1 aliphatic rings. The van der Waals surface area contributed by atoms with E-state index in [-0.39, 0.29) is 25.0 Å². The Balaban J connectivity index is 1.88. The highest BCUT2D eigenvalue weighted by Gasteiger charge is 2.32. The van der Waals surface area contributed by atoms with Gasteiger partial charge in [-0.05, 0) is 48.4 Å². The molecule has 1 fully saturated rings. The van der Waals surface area contributed by atoms with Gasteiger partial charge in [-0.1, -0.05) is 82.5 Å². The number of nitrogens with one attached hydrogen (secondary N) is 1. The lowest BCUT2D eigenvalue weighted by atomic mass is 9.95. The fraction of sp³-hybridized carbons (Fsp3) is 0.517.